The smallest absolute Gasteiger partial charge is 0.278 e. The summed E-state index contributed by atoms with van der Waals surface area (Å²) in [5.41, 5.74) is 1.21. The van der Waals surface area contributed by atoms with E-state index in [4.69, 9.17) is 11.6 Å². The summed E-state index contributed by atoms with van der Waals surface area (Å²) in [6.45, 7) is 0. The van der Waals surface area contributed by atoms with Gasteiger partial charge in [-0.2, -0.15) is 10.2 Å². The zero-order chi connectivity index (χ0) is 18.3. The first-order chi connectivity index (χ1) is 12.5. The molecule has 26 heavy (non-hydrogen) atoms. The normalized spacial score (nSPS) is 17.9. The summed E-state index contributed by atoms with van der Waals surface area (Å²) in [7, 11) is 0. The summed E-state index contributed by atoms with van der Waals surface area (Å²) in [5, 5.41) is 10.6. The Balaban J connectivity index is 1.47. The van der Waals surface area contributed by atoms with Crippen molar-refractivity contribution in [3.63, 3.8) is 0 Å². The first kappa shape index (κ1) is 17.0. The molecule has 5 nitrogen and oxygen atoms in total. The highest BCUT2D eigenvalue weighted by atomic mass is 35.5. The van der Waals surface area contributed by atoms with Crippen molar-refractivity contribution in [2.24, 2.45) is 10.2 Å². The second-order valence-corrected chi connectivity index (χ2v) is 6.65. The fourth-order valence-corrected chi connectivity index (χ4v) is 2.99. The molecule has 0 atom stereocenters. The van der Waals surface area contributed by atoms with Gasteiger partial charge in [0, 0.05) is 24.4 Å². The lowest BCUT2D eigenvalue weighted by Gasteiger charge is -2.18. The molecule has 0 radical (unpaired) electrons. The molecular formula is C17H13ClF3N5. The average molecular weight is 380 g/mol. The van der Waals surface area contributed by atoms with Crippen LogP contribution in [0.2, 0.25) is 5.02 Å². The molecule has 1 N–H and O–H groups in total. The molecule has 0 amide bonds. The van der Waals surface area contributed by atoms with Crippen LogP contribution in [0.4, 0.5) is 19.1 Å². The Morgan fingerprint density at radius 1 is 1.12 bits per heavy atom. The summed E-state index contributed by atoms with van der Waals surface area (Å²) < 4.78 is 38.6. The van der Waals surface area contributed by atoms with Gasteiger partial charge in [0.05, 0.1) is 16.3 Å². The van der Waals surface area contributed by atoms with Crippen LogP contribution in [0.1, 0.15) is 30.4 Å². The molecule has 1 fully saturated rings. The van der Waals surface area contributed by atoms with Gasteiger partial charge >= 0.3 is 0 Å². The van der Waals surface area contributed by atoms with Gasteiger partial charge in [0.15, 0.2) is 0 Å². The predicted octanol–water partition coefficient (Wildman–Crippen LogP) is 4.18. The number of hydrogen-bond donors (Lipinski definition) is 1. The highest BCUT2D eigenvalue weighted by Crippen LogP contribution is 2.48. The maximum Gasteiger partial charge on any atom is 0.278 e. The summed E-state index contributed by atoms with van der Waals surface area (Å²) in [5.74, 6) is -0.0742. The van der Waals surface area contributed by atoms with E-state index in [-0.39, 0.29) is 22.7 Å². The Bertz CT molecular complexity index is 907. The number of anilines is 1. The van der Waals surface area contributed by atoms with Gasteiger partial charge in [-0.05, 0) is 30.5 Å². The Morgan fingerprint density at radius 2 is 1.85 bits per heavy atom. The van der Waals surface area contributed by atoms with Crippen molar-refractivity contribution in [2.45, 2.75) is 31.2 Å². The van der Waals surface area contributed by atoms with Crippen LogP contribution < -0.4 is 5.32 Å². The number of nitrogens with one attached hydrogen (secondary N) is 1. The lowest BCUT2D eigenvalue weighted by Crippen LogP contribution is -2.20. The van der Waals surface area contributed by atoms with E-state index in [0.29, 0.717) is 17.2 Å². The van der Waals surface area contributed by atoms with Crippen LogP contribution in [0.25, 0.3) is 0 Å². The Kier molecular flexibility index (Phi) is 4.14. The molecule has 1 aliphatic carbocycles. The first-order valence-corrected chi connectivity index (χ1v) is 8.32. The summed E-state index contributed by atoms with van der Waals surface area (Å²) in [6.07, 6.45) is 2.11. The van der Waals surface area contributed by atoms with Gasteiger partial charge < -0.3 is 5.32 Å². The fourth-order valence-electron chi connectivity index (χ4n) is 2.81. The third kappa shape index (κ3) is 3.16. The van der Waals surface area contributed by atoms with Gasteiger partial charge in [-0.15, -0.1) is 0 Å². The molecule has 4 rings (SSSR count). The van der Waals surface area contributed by atoms with Crippen LogP contribution >= 0.6 is 11.6 Å². The largest absolute Gasteiger partial charge is 0.345 e. The topological polar surface area (TPSA) is 62.5 Å². The van der Waals surface area contributed by atoms with Crippen molar-refractivity contribution >= 4 is 29.0 Å². The molecule has 1 aromatic carbocycles. The van der Waals surface area contributed by atoms with Gasteiger partial charge in [0.25, 0.3) is 6.43 Å². The summed E-state index contributed by atoms with van der Waals surface area (Å²) in [4.78, 5) is 8.47. The number of halogens is 4. The number of nitrogens with zero attached hydrogens (tertiary/aromatic N) is 4. The van der Waals surface area contributed by atoms with Crippen molar-refractivity contribution < 1.29 is 13.2 Å². The molecule has 1 aromatic heterocycles. The standard InChI is InChI=1S/C17H13ClF3N5/c18-11-5-10(1-2-12(11)19)17(3-4-17)24-16-22-7-9(8-23-16)13-6-14(15(20)21)26-25-13/h1-2,5,7-8,15H,3-4,6H2,(H,22,23,24). The monoisotopic (exact) mass is 379 g/mol. The molecule has 1 saturated carbocycles. The van der Waals surface area contributed by atoms with E-state index in [9.17, 15) is 13.2 Å². The van der Waals surface area contributed by atoms with Crippen molar-refractivity contribution in [1.82, 2.24) is 9.97 Å². The molecule has 0 spiro atoms. The number of alkyl halides is 2. The van der Waals surface area contributed by atoms with Gasteiger partial charge in [-0.3, -0.25) is 0 Å². The van der Waals surface area contributed by atoms with E-state index in [2.05, 4.69) is 25.5 Å². The molecule has 1 aliphatic heterocycles. The lowest BCUT2D eigenvalue weighted by molar-refractivity contribution is 0.224. The average Bonchev–Trinajstić information content (AvgIpc) is 3.22. The zero-order valence-corrected chi connectivity index (χ0v) is 14.1. The number of rotatable bonds is 5. The molecule has 9 heteroatoms. The third-order valence-electron chi connectivity index (χ3n) is 4.46. The maximum atomic E-state index is 13.4. The van der Waals surface area contributed by atoms with Crippen LogP contribution in [0.15, 0.2) is 40.8 Å². The van der Waals surface area contributed by atoms with E-state index in [1.165, 1.54) is 18.5 Å². The van der Waals surface area contributed by atoms with E-state index >= 15 is 0 Å². The van der Waals surface area contributed by atoms with Crippen LogP contribution in [-0.2, 0) is 5.54 Å². The highest BCUT2D eigenvalue weighted by Gasteiger charge is 2.45. The van der Waals surface area contributed by atoms with Crippen molar-refractivity contribution in [3.05, 3.63) is 52.6 Å². The molecule has 134 valence electrons. The van der Waals surface area contributed by atoms with Gasteiger partial charge in [0.1, 0.15) is 11.5 Å². The number of benzene rings is 1. The molecule has 0 saturated heterocycles. The molecule has 0 unspecified atom stereocenters. The van der Waals surface area contributed by atoms with E-state index in [1.54, 1.807) is 12.1 Å². The quantitative estimate of drug-likeness (QED) is 0.847. The maximum absolute atomic E-state index is 13.4. The highest BCUT2D eigenvalue weighted by molar-refractivity contribution is 6.30. The Morgan fingerprint density at radius 3 is 2.42 bits per heavy atom. The predicted molar refractivity (Wildman–Crippen MR) is 92.6 cm³/mol. The molecule has 2 aromatic rings. The Hall–Kier alpha value is -2.48. The van der Waals surface area contributed by atoms with Crippen LogP contribution in [0.5, 0.6) is 0 Å². The van der Waals surface area contributed by atoms with Crippen molar-refractivity contribution in [1.29, 1.82) is 0 Å². The third-order valence-corrected chi connectivity index (χ3v) is 4.75. The summed E-state index contributed by atoms with van der Waals surface area (Å²) >= 11 is 5.87. The second kappa shape index (κ2) is 6.35. The van der Waals surface area contributed by atoms with E-state index < -0.39 is 12.2 Å². The molecule has 2 aliphatic rings. The van der Waals surface area contributed by atoms with E-state index in [0.717, 1.165) is 18.4 Å². The molecule has 2 heterocycles. The van der Waals surface area contributed by atoms with Crippen LogP contribution in [0, 0.1) is 5.82 Å². The van der Waals surface area contributed by atoms with Crippen molar-refractivity contribution in [3.8, 4) is 0 Å². The Labute approximate surface area is 152 Å². The number of hydrogen-bond acceptors (Lipinski definition) is 5. The van der Waals surface area contributed by atoms with Crippen molar-refractivity contribution in [2.75, 3.05) is 5.32 Å². The molecular weight excluding hydrogens is 367 g/mol. The summed E-state index contributed by atoms with van der Waals surface area (Å²) in [6, 6.07) is 4.62. The van der Waals surface area contributed by atoms with Gasteiger partial charge in [-0.1, -0.05) is 17.7 Å². The van der Waals surface area contributed by atoms with Crippen LogP contribution in [0.3, 0.4) is 0 Å². The minimum atomic E-state index is -2.62. The SMILES string of the molecule is Fc1ccc(C2(Nc3ncc(C4=NN=C(C(F)F)C4)cn3)CC2)cc1Cl. The van der Waals surface area contributed by atoms with Gasteiger partial charge in [0.2, 0.25) is 5.95 Å². The second-order valence-electron chi connectivity index (χ2n) is 6.25. The zero-order valence-electron chi connectivity index (χ0n) is 13.4. The van der Waals surface area contributed by atoms with E-state index in [1.807, 2.05) is 0 Å². The lowest BCUT2D eigenvalue weighted by atomic mass is 10.1. The number of aromatic nitrogens is 2. The van der Waals surface area contributed by atoms with Gasteiger partial charge in [-0.25, -0.2) is 23.1 Å². The molecule has 0 bridgehead atoms. The van der Waals surface area contributed by atoms with Crippen LogP contribution in [-0.4, -0.2) is 27.8 Å². The fraction of sp³-hybridized carbons (Fsp3) is 0.294. The minimum absolute atomic E-state index is 0.00812. The first-order valence-electron chi connectivity index (χ1n) is 7.94. The minimum Gasteiger partial charge on any atom is -0.345 e.